The lowest BCUT2D eigenvalue weighted by Gasteiger charge is -2.09. The van der Waals surface area contributed by atoms with Crippen molar-refractivity contribution in [3.63, 3.8) is 0 Å². The molecule has 0 saturated carbocycles. The molecule has 0 bridgehead atoms. The number of anilines is 1. The number of nitrogens with zero attached hydrogens (tertiary/aromatic N) is 2. The minimum absolute atomic E-state index is 0.263. The first-order valence-electron chi connectivity index (χ1n) is 7.24. The van der Waals surface area contributed by atoms with E-state index in [9.17, 15) is 4.39 Å². The van der Waals surface area contributed by atoms with Crippen LogP contribution in [0.25, 0.3) is 11.4 Å². The zero-order valence-corrected chi connectivity index (χ0v) is 13.2. The van der Waals surface area contributed by atoms with E-state index < -0.39 is 0 Å². The molecular weight excluding hydrogens is 313 g/mol. The number of para-hydroxylation sites is 1. The van der Waals surface area contributed by atoms with Gasteiger partial charge in [0.15, 0.2) is 11.5 Å². The Morgan fingerprint density at radius 3 is 2.58 bits per heavy atom. The van der Waals surface area contributed by atoms with Crippen molar-refractivity contribution in [2.75, 3.05) is 19.5 Å². The van der Waals surface area contributed by atoms with Gasteiger partial charge in [0.2, 0.25) is 5.82 Å². The van der Waals surface area contributed by atoms with Crippen LogP contribution in [-0.2, 0) is 6.54 Å². The second kappa shape index (κ2) is 6.99. The number of methoxy groups -OCH3 is 2. The van der Waals surface area contributed by atoms with Gasteiger partial charge >= 0.3 is 6.01 Å². The Hall–Kier alpha value is -3.09. The highest BCUT2D eigenvalue weighted by molar-refractivity contribution is 5.68. The van der Waals surface area contributed by atoms with Crippen molar-refractivity contribution in [1.29, 1.82) is 0 Å². The number of rotatable bonds is 6. The molecule has 0 saturated heterocycles. The van der Waals surface area contributed by atoms with Crippen molar-refractivity contribution in [3.05, 3.63) is 53.8 Å². The highest BCUT2D eigenvalue weighted by Gasteiger charge is 2.16. The summed E-state index contributed by atoms with van der Waals surface area (Å²) in [7, 11) is 3.11. The summed E-state index contributed by atoms with van der Waals surface area (Å²) >= 11 is 0. The third kappa shape index (κ3) is 3.29. The summed E-state index contributed by atoms with van der Waals surface area (Å²) in [4.78, 5) is 4.30. The summed E-state index contributed by atoms with van der Waals surface area (Å²) in [6.45, 7) is 0.442. The maximum absolute atomic E-state index is 12.9. The number of halogens is 1. The van der Waals surface area contributed by atoms with Crippen molar-refractivity contribution in [2.24, 2.45) is 0 Å². The fourth-order valence-corrected chi connectivity index (χ4v) is 2.25. The molecule has 124 valence electrons. The van der Waals surface area contributed by atoms with Gasteiger partial charge in [-0.05, 0) is 29.8 Å². The summed E-state index contributed by atoms with van der Waals surface area (Å²) in [5.74, 6) is 1.22. The Morgan fingerprint density at radius 1 is 1.08 bits per heavy atom. The van der Waals surface area contributed by atoms with E-state index in [0.717, 1.165) is 5.56 Å². The van der Waals surface area contributed by atoms with E-state index in [1.807, 2.05) is 12.1 Å². The van der Waals surface area contributed by atoms with Gasteiger partial charge in [0.05, 0.1) is 19.8 Å². The first kappa shape index (κ1) is 15.8. The minimum Gasteiger partial charge on any atom is -0.493 e. The molecule has 2 aromatic carbocycles. The highest BCUT2D eigenvalue weighted by atomic mass is 19.1. The molecule has 0 radical (unpaired) electrons. The summed E-state index contributed by atoms with van der Waals surface area (Å²) < 4.78 is 28.7. The minimum atomic E-state index is -0.274. The number of nitrogens with one attached hydrogen (secondary N) is 1. The van der Waals surface area contributed by atoms with Crippen molar-refractivity contribution < 1.29 is 18.4 Å². The quantitative estimate of drug-likeness (QED) is 0.746. The largest absolute Gasteiger partial charge is 0.493 e. The fraction of sp³-hybridized carbons (Fsp3) is 0.176. The Morgan fingerprint density at radius 2 is 1.88 bits per heavy atom. The number of benzene rings is 2. The first-order chi connectivity index (χ1) is 11.7. The van der Waals surface area contributed by atoms with Crippen LogP contribution < -0.4 is 14.8 Å². The Bertz CT molecular complexity index is 818. The van der Waals surface area contributed by atoms with Gasteiger partial charge in [-0.25, -0.2) is 4.39 Å². The molecule has 3 aromatic rings. The Balaban J connectivity index is 1.77. The first-order valence-corrected chi connectivity index (χ1v) is 7.24. The molecule has 0 spiro atoms. The van der Waals surface area contributed by atoms with Crippen LogP contribution in [0.5, 0.6) is 11.5 Å². The lowest BCUT2D eigenvalue weighted by molar-refractivity contribution is 0.355. The van der Waals surface area contributed by atoms with Crippen LogP contribution in [0.15, 0.2) is 47.0 Å². The van der Waals surface area contributed by atoms with Crippen molar-refractivity contribution in [2.45, 2.75) is 6.54 Å². The second-order valence-electron chi connectivity index (χ2n) is 4.94. The lowest BCUT2D eigenvalue weighted by Crippen LogP contribution is -1.99. The number of hydrogen-bond donors (Lipinski definition) is 1. The molecule has 1 N–H and O–H groups in total. The van der Waals surface area contributed by atoms with E-state index in [-0.39, 0.29) is 11.8 Å². The van der Waals surface area contributed by atoms with Crippen LogP contribution in [0.2, 0.25) is 0 Å². The topological polar surface area (TPSA) is 69.4 Å². The number of aromatic nitrogens is 2. The Kier molecular flexibility index (Phi) is 4.60. The van der Waals surface area contributed by atoms with Gasteiger partial charge in [-0.1, -0.05) is 23.4 Å². The summed E-state index contributed by atoms with van der Waals surface area (Å²) in [5.41, 5.74) is 1.56. The van der Waals surface area contributed by atoms with Crippen LogP contribution in [-0.4, -0.2) is 24.4 Å². The summed E-state index contributed by atoms with van der Waals surface area (Å²) in [6, 6.07) is 11.9. The molecule has 24 heavy (non-hydrogen) atoms. The maximum atomic E-state index is 12.9. The summed E-state index contributed by atoms with van der Waals surface area (Å²) in [5, 5.41) is 6.95. The van der Waals surface area contributed by atoms with Crippen molar-refractivity contribution >= 4 is 6.01 Å². The van der Waals surface area contributed by atoms with E-state index in [1.54, 1.807) is 32.4 Å². The zero-order valence-electron chi connectivity index (χ0n) is 13.2. The molecule has 0 fully saturated rings. The second-order valence-corrected chi connectivity index (χ2v) is 4.94. The van der Waals surface area contributed by atoms with Crippen LogP contribution in [0.4, 0.5) is 10.4 Å². The molecular formula is C17H16FN3O3. The van der Waals surface area contributed by atoms with Crippen molar-refractivity contribution in [3.8, 4) is 22.9 Å². The van der Waals surface area contributed by atoms with Gasteiger partial charge < -0.3 is 19.3 Å². The van der Waals surface area contributed by atoms with Gasteiger partial charge in [-0.15, -0.1) is 0 Å². The van der Waals surface area contributed by atoms with Gasteiger partial charge in [-0.2, -0.15) is 4.98 Å². The third-order valence-corrected chi connectivity index (χ3v) is 3.43. The Labute approximate surface area is 138 Å². The lowest BCUT2D eigenvalue weighted by atomic mass is 10.2. The molecule has 0 aliphatic carbocycles. The van der Waals surface area contributed by atoms with E-state index in [0.29, 0.717) is 29.4 Å². The van der Waals surface area contributed by atoms with Crippen LogP contribution in [0, 0.1) is 5.82 Å². The number of ether oxygens (including phenoxy) is 2. The van der Waals surface area contributed by atoms with Crippen LogP contribution in [0.1, 0.15) is 5.56 Å². The fourth-order valence-electron chi connectivity index (χ4n) is 2.25. The SMILES string of the molecule is COc1cccc(-c2noc(NCc3ccc(F)cc3)n2)c1OC. The van der Waals surface area contributed by atoms with Gasteiger partial charge in [-0.3, -0.25) is 0 Å². The molecule has 3 rings (SSSR count). The monoisotopic (exact) mass is 329 g/mol. The zero-order chi connectivity index (χ0) is 16.9. The van der Waals surface area contributed by atoms with Gasteiger partial charge in [0.25, 0.3) is 0 Å². The van der Waals surface area contributed by atoms with E-state index in [1.165, 1.54) is 12.1 Å². The molecule has 1 aromatic heterocycles. The predicted molar refractivity (Wildman–Crippen MR) is 86.6 cm³/mol. The average Bonchev–Trinajstić information content (AvgIpc) is 3.09. The average molecular weight is 329 g/mol. The van der Waals surface area contributed by atoms with Gasteiger partial charge in [0, 0.05) is 6.54 Å². The van der Waals surface area contributed by atoms with E-state index in [4.69, 9.17) is 14.0 Å². The highest BCUT2D eigenvalue weighted by Crippen LogP contribution is 2.36. The third-order valence-electron chi connectivity index (χ3n) is 3.43. The molecule has 7 heteroatoms. The standard InChI is InChI=1S/C17H16FN3O3/c1-22-14-5-3-4-13(15(14)23-2)16-20-17(24-21-16)19-10-11-6-8-12(18)9-7-11/h3-9H,10H2,1-2H3,(H,19,20,21). The molecule has 0 atom stereocenters. The smallest absolute Gasteiger partial charge is 0.322 e. The normalized spacial score (nSPS) is 10.5. The molecule has 0 aliphatic rings. The maximum Gasteiger partial charge on any atom is 0.322 e. The predicted octanol–water partition coefficient (Wildman–Crippen LogP) is 3.51. The van der Waals surface area contributed by atoms with Gasteiger partial charge in [0.1, 0.15) is 5.82 Å². The molecule has 0 aliphatic heterocycles. The van der Waals surface area contributed by atoms with Crippen LogP contribution >= 0.6 is 0 Å². The van der Waals surface area contributed by atoms with Crippen LogP contribution in [0.3, 0.4) is 0 Å². The van der Waals surface area contributed by atoms with E-state index in [2.05, 4.69) is 15.5 Å². The molecule has 1 heterocycles. The molecule has 6 nitrogen and oxygen atoms in total. The van der Waals surface area contributed by atoms with E-state index >= 15 is 0 Å². The summed E-state index contributed by atoms with van der Waals surface area (Å²) in [6.07, 6.45) is 0. The molecule has 0 amide bonds. The number of hydrogen-bond acceptors (Lipinski definition) is 6. The molecule has 0 unspecified atom stereocenters. The van der Waals surface area contributed by atoms with Crippen molar-refractivity contribution in [1.82, 2.24) is 10.1 Å².